The van der Waals surface area contributed by atoms with Crippen LogP contribution in [-0.4, -0.2) is 22.8 Å². The third-order valence-corrected chi connectivity index (χ3v) is 7.54. The highest BCUT2D eigenvalue weighted by Crippen LogP contribution is 2.60. The quantitative estimate of drug-likeness (QED) is 0.907. The molecule has 1 aromatic heterocycles. The van der Waals surface area contributed by atoms with E-state index in [2.05, 4.69) is 15.5 Å². The van der Waals surface area contributed by atoms with Crippen molar-refractivity contribution in [2.75, 3.05) is 6.54 Å². The van der Waals surface area contributed by atoms with Crippen LogP contribution < -0.4 is 5.32 Å². The molecule has 1 aromatic rings. The normalized spacial score (nSPS) is 40.9. The third-order valence-electron chi connectivity index (χ3n) is 6.31. The maximum absolute atomic E-state index is 4.66. The number of hydrogen-bond acceptors (Lipinski definition) is 4. The van der Waals surface area contributed by atoms with Crippen LogP contribution in [0, 0.1) is 17.8 Å². The van der Waals surface area contributed by atoms with Crippen LogP contribution in [0.3, 0.4) is 0 Å². The van der Waals surface area contributed by atoms with Gasteiger partial charge in [0.15, 0.2) is 0 Å². The van der Waals surface area contributed by atoms with Crippen molar-refractivity contribution in [2.45, 2.75) is 69.2 Å². The van der Waals surface area contributed by atoms with E-state index in [1.165, 1.54) is 61.4 Å². The van der Waals surface area contributed by atoms with E-state index in [-0.39, 0.29) is 0 Å². The first-order valence-corrected chi connectivity index (χ1v) is 9.67. The maximum atomic E-state index is 4.66. The van der Waals surface area contributed by atoms with Crippen LogP contribution in [0.1, 0.15) is 61.4 Å². The summed E-state index contributed by atoms with van der Waals surface area (Å²) in [6.45, 7) is 1.08. The van der Waals surface area contributed by atoms with Gasteiger partial charge in [0.2, 0.25) is 0 Å². The minimum absolute atomic E-state index is 0.439. The zero-order valence-corrected chi connectivity index (χ0v) is 13.5. The van der Waals surface area contributed by atoms with Crippen molar-refractivity contribution in [2.24, 2.45) is 17.8 Å². The van der Waals surface area contributed by atoms with Crippen LogP contribution >= 0.6 is 11.3 Å². The Labute approximate surface area is 130 Å². The minimum atomic E-state index is 0.439. The molecule has 1 N–H and O–H groups in total. The van der Waals surface area contributed by atoms with Crippen LogP contribution in [0.15, 0.2) is 0 Å². The van der Waals surface area contributed by atoms with E-state index in [0.29, 0.717) is 5.41 Å². The number of rotatable bonds is 5. The summed E-state index contributed by atoms with van der Waals surface area (Å²) in [5, 5.41) is 15.4. The first kappa shape index (κ1) is 13.0. The highest BCUT2D eigenvalue weighted by Gasteiger charge is 2.53. The van der Waals surface area contributed by atoms with Gasteiger partial charge in [-0.05, 0) is 69.1 Å². The lowest BCUT2D eigenvalue weighted by Gasteiger charge is -2.55. The van der Waals surface area contributed by atoms with Crippen LogP contribution in [0.25, 0.3) is 0 Å². The van der Waals surface area contributed by atoms with Crippen molar-refractivity contribution in [1.82, 2.24) is 15.5 Å². The number of hydrogen-bond donors (Lipinski definition) is 1. The van der Waals surface area contributed by atoms with Gasteiger partial charge < -0.3 is 5.32 Å². The Morgan fingerprint density at radius 3 is 2.29 bits per heavy atom. The number of nitrogens with one attached hydrogen (secondary N) is 1. The summed E-state index contributed by atoms with van der Waals surface area (Å²) in [4.78, 5) is 0. The van der Waals surface area contributed by atoms with Gasteiger partial charge in [-0.25, -0.2) is 0 Å². The molecule has 0 radical (unpaired) electrons. The van der Waals surface area contributed by atoms with E-state index in [0.717, 1.165) is 36.8 Å². The molecule has 5 aliphatic rings. The summed E-state index contributed by atoms with van der Waals surface area (Å²) in [6, 6.07) is 0.806. The Kier molecular flexibility index (Phi) is 2.95. The molecular formula is C17H25N3S. The molecular weight excluding hydrogens is 278 g/mol. The van der Waals surface area contributed by atoms with Gasteiger partial charge in [0, 0.05) is 24.4 Å². The molecule has 4 bridgehead atoms. The van der Waals surface area contributed by atoms with Crippen molar-refractivity contribution >= 4 is 11.3 Å². The number of aromatic nitrogens is 2. The summed E-state index contributed by atoms with van der Waals surface area (Å²) in [7, 11) is 0. The van der Waals surface area contributed by atoms with E-state index in [1.807, 2.05) is 11.3 Å². The molecule has 0 atom stereocenters. The fourth-order valence-electron chi connectivity index (χ4n) is 5.61. The average Bonchev–Trinajstić information content (AvgIpc) is 3.12. The summed E-state index contributed by atoms with van der Waals surface area (Å²) in [5.41, 5.74) is 0.439. The van der Waals surface area contributed by atoms with Gasteiger partial charge >= 0.3 is 0 Å². The van der Waals surface area contributed by atoms with Gasteiger partial charge in [0.1, 0.15) is 10.0 Å². The molecule has 5 saturated carbocycles. The van der Waals surface area contributed by atoms with Crippen LogP contribution in [0.5, 0.6) is 0 Å². The number of nitrogens with zero attached hydrogens (tertiary/aromatic N) is 2. The van der Waals surface area contributed by atoms with Gasteiger partial charge in [-0.3, -0.25) is 0 Å². The van der Waals surface area contributed by atoms with E-state index in [1.54, 1.807) is 0 Å². The lowest BCUT2D eigenvalue weighted by molar-refractivity contribution is -0.00555. The molecule has 5 aliphatic carbocycles. The van der Waals surface area contributed by atoms with Crippen molar-refractivity contribution in [3.63, 3.8) is 0 Å². The molecule has 1 heterocycles. The first-order valence-electron chi connectivity index (χ1n) is 8.85. The molecule has 0 aliphatic heterocycles. The Morgan fingerprint density at radius 1 is 1.00 bits per heavy atom. The predicted octanol–water partition coefficient (Wildman–Crippen LogP) is 3.30. The van der Waals surface area contributed by atoms with Gasteiger partial charge in [-0.2, -0.15) is 0 Å². The van der Waals surface area contributed by atoms with Crippen molar-refractivity contribution in [1.29, 1.82) is 0 Å². The van der Waals surface area contributed by atoms with Crippen LogP contribution in [-0.2, 0) is 11.8 Å². The second kappa shape index (κ2) is 4.76. The molecule has 5 fully saturated rings. The first-order chi connectivity index (χ1) is 10.3. The maximum Gasteiger partial charge on any atom is 0.123 e. The average molecular weight is 303 g/mol. The van der Waals surface area contributed by atoms with Gasteiger partial charge in [0.05, 0.1) is 0 Å². The third kappa shape index (κ3) is 2.35. The molecule has 0 spiro atoms. The molecule has 21 heavy (non-hydrogen) atoms. The molecule has 0 aromatic carbocycles. The summed E-state index contributed by atoms with van der Waals surface area (Å²) < 4.78 is 0. The van der Waals surface area contributed by atoms with E-state index in [4.69, 9.17) is 0 Å². The topological polar surface area (TPSA) is 37.8 Å². The Morgan fingerprint density at radius 2 is 1.67 bits per heavy atom. The zero-order chi connectivity index (χ0) is 13.9. The van der Waals surface area contributed by atoms with E-state index < -0.39 is 0 Å². The second-order valence-electron chi connectivity index (χ2n) is 8.18. The monoisotopic (exact) mass is 303 g/mol. The van der Waals surface area contributed by atoms with Crippen molar-refractivity contribution in [3.8, 4) is 0 Å². The van der Waals surface area contributed by atoms with Crippen molar-refractivity contribution in [3.05, 3.63) is 10.0 Å². The standard InChI is InChI=1S/C17H25N3S/c1-2-14(1)18-4-3-15-19-20-16(21-15)17-8-11-5-12(9-17)7-13(6-11)10-17/h11-14,18H,1-10H2. The Bertz CT molecular complexity index is 499. The molecule has 0 saturated heterocycles. The lowest BCUT2D eigenvalue weighted by Crippen LogP contribution is -2.48. The zero-order valence-electron chi connectivity index (χ0n) is 12.7. The Hall–Kier alpha value is -0.480. The molecule has 4 heteroatoms. The van der Waals surface area contributed by atoms with E-state index in [9.17, 15) is 0 Å². The molecule has 3 nitrogen and oxygen atoms in total. The van der Waals surface area contributed by atoms with Crippen molar-refractivity contribution < 1.29 is 0 Å². The highest BCUT2D eigenvalue weighted by atomic mass is 32.1. The SMILES string of the molecule is C(Cc1nnc(C23CC4CC(CC(C4)C2)C3)s1)NC1CC1. The predicted molar refractivity (Wildman–Crippen MR) is 84.5 cm³/mol. The minimum Gasteiger partial charge on any atom is -0.314 e. The molecule has 6 rings (SSSR count). The summed E-state index contributed by atoms with van der Waals surface area (Å²) >= 11 is 1.93. The Balaban J connectivity index is 1.31. The molecule has 0 unspecified atom stereocenters. The van der Waals surface area contributed by atoms with E-state index >= 15 is 0 Å². The highest BCUT2D eigenvalue weighted by molar-refractivity contribution is 7.11. The largest absolute Gasteiger partial charge is 0.314 e. The summed E-state index contributed by atoms with van der Waals surface area (Å²) in [6.07, 6.45) is 12.6. The van der Waals surface area contributed by atoms with Gasteiger partial charge in [0.25, 0.3) is 0 Å². The fourth-order valence-corrected chi connectivity index (χ4v) is 6.67. The smallest absolute Gasteiger partial charge is 0.123 e. The summed E-state index contributed by atoms with van der Waals surface area (Å²) in [5.74, 6) is 3.00. The fraction of sp³-hybridized carbons (Fsp3) is 0.882. The molecule has 0 amide bonds. The second-order valence-corrected chi connectivity index (χ2v) is 9.24. The van der Waals surface area contributed by atoms with Crippen LogP contribution in [0.4, 0.5) is 0 Å². The molecule has 114 valence electrons. The lowest BCUT2D eigenvalue weighted by atomic mass is 9.50. The van der Waals surface area contributed by atoms with Crippen LogP contribution in [0.2, 0.25) is 0 Å². The van der Waals surface area contributed by atoms with Gasteiger partial charge in [-0.1, -0.05) is 0 Å². The van der Waals surface area contributed by atoms with Gasteiger partial charge in [-0.15, -0.1) is 21.5 Å².